The molecule has 4 heterocycles. The molecule has 4 rings (SSSR count). The maximum Gasteiger partial charge on any atom is 0.259 e. The Balaban J connectivity index is 1.50. The topological polar surface area (TPSA) is 103 Å². The molecule has 0 N–H and O–H groups in total. The molecule has 31 heavy (non-hydrogen) atoms. The number of carbonyl (C=O) groups excluding carboxylic acids is 1. The third kappa shape index (κ3) is 4.41. The Labute approximate surface area is 180 Å². The molecule has 1 fully saturated rings. The third-order valence-corrected chi connectivity index (χ3v) is 5.79. The summed E-state index contributed by atoms with van der Waals surface area (Å²) in [6, 6.07) is 7.15. The minimum Gasteiger partial charge on any atom is -0.481 e. The molecule has 0 unspecified atom stereocenters. The lowest BCUT2D eigenvalue weighted by atomic mass is 9.75. The molecule has 0 atom stereocenters. The van der Waals surface area contributed by atoms with Gasteiger partial charge in [-0.15, -0.1) is 0 Å². The van der Waals surface area contributed by atoms with Gasteiger partial charge in [-0.25, -0.2) is 4.98 Å². The number of aromatic nitrogens is 4. The number of carbonyl (C=O) groups is 1. The summed E-state index contributed by atoms with van der Waals surface area (Å²) < 4.78 is 16.0. The molecule has 1 aliphatic rings. The Morgan fingerprint density at radius 2 is 2.03 bits per heavy atom. The minimum atomic E-state index is -0.311. The molecule has 1 aliphatic heterocycles. The second-order valence-electron chi connectivity index (χ2n) is 7.57. The summed E-state index contributed by atoms with van der Waals surface area (Å²) in [5.41, 5.74) is 1.01. The monoisotopic (exact) mass is 423 g/mol. The number of nitrogens with zero attached hydrogens (tertiary/aromatic N) is 5. The first-order valence-electron chi connectivity index (χ1n) is 10.2. The molecule has 9 heteroatoms. The van der Waals surface area contributed by atoms with E-state index >= 15 is 0 Å². The van der Waals surface area contributed by atoms with Gasteiger partial charge in [0, 0.05) is 56.9 Å². The average Bonchev–Trinajstić information content (AvgIpc) is 3.34. The van der Waals surface area contributed by atoms with Crippen molar-refractivity contribution >= 4 is 5.91 Å². The first-order valence-corrected chi connectivity index (χ1v) is 10.2. The Bertz CT molecular complexity index is 998. The van der Waals surface area contributed by atoms with Gasteiger partial charge in [-0.1, -0.05) is 5.16 Å². The summed E-state index contributed by atoms with van der Waals surface area (Å²) in [4.78, 5) is 27.7. The highest BCUT2D eigenvalue weighted by Crippen LogP contribution is 2.38. The maximum atomic E-state index is 12.9. The fourth-order valence-corrected chi connectivity index (χ4v) is 3.88. The fourth-order valence-electron chi connectivity index (χ4n) is 3.88. The van der Waals surface area contributed by atoms with Gasteiger partial charge in [0.1, 0.15) is 0 Å². The van der Waals surface area contributed by atoms with E-state index in [0.717, 1.165) is 24.8 Å². The van der Waals surface area contributed by atoms with Crippen molar-refractivity contribution in [3.05, 3.63) is 54.2 Å². The minimum absolute atomic E-state index is 0.0420. The standard InChI is InChI=1S/C22H25N5O4/c1-29-13-9-22(21-25-19(31-26-21)16-4-3-10-23-14-16)7-11-27(12-8-22)20(28)17-5-6-18(30-2)24-15-17/h3-6,10,14-15H,7-9,11-13H2,1-2H3. The van der Waals surface area contributed by atoms with Crippen LogP contribution in [0, 0.1) is 0 Å². The molecule has 0 aliphatic carbocycles. The number of ether oxygens (including phenoxy) is 2. The highest BCUT2D eigenvalue weighted by molar-refractivity contribution is 5.94. The molecule has 0 spiro atoms. The third-order valence-electron chi connectivity index (χ3n) is 5.79. The van der Waals surface area contributed by atoms with Crippen LogP contribution in [-0.2, 0) is 10.2 Å². The summed E-state index contributed by atoms with van der Waals surface area (Å²) in [7, 11) is 3.23. The van der Waals surface area contributed by atoms with E-state index < -0.39 is 0 Å². The van der Waals surface area contributed by atoms with E-state index in [1.807, 2.05) is 17.0 Å². The van der Waals surface area contributed by atoms with E-state index in [2.05, 4.69) is 20.1 Å². The van der Waals surface area contributed by atoms with Crippen LogP contribution in [0.4, 0.5) is 0 Å². The fraction of sp³-hybridized carbons (Fsp3) is 0.409. The molecule has 3 aromatic heterocycles. The summed E-state index contributed by atoms with van der Waals surface area (Å²) >= 11 is 0. The van der Waals surface area contributed by atoms with E-state index in [4.69, 9.17) is 14.0 Å². The van der Waals surface area contributed by atoms with E-state index in [9.17, 15) is 4.79 Å². The number of pyridine rings is 2. The van der Waals surface area contributed by atoms with Crippen molar-refractivity contribution in [2.45, 2.75) is 24.7 Å². The first-order chi connectivity index (χ1) is 15.1. The van der Waals surface area contributed by atoms with Gasteiger partial charge < -0.3 is 18.9 Å². The highest BCUT2D eigenvalue weighted by Gasteiger charge is 2.41. The molecular weight excluding hydrogens is 398 g/mol. The predicted octanol–water partition coefficient (Wildman–Crippen LogP) is 2.75. The Kier molecular flexibility index (Phi) is 6.22. The normalized spacial score (nSPS) is 15.6. The van der Waals surface area contributed by atoms with Gasteiger partial charge in [0.2, 0.25) is 5.88 Å². The number of piperidine rings is 1. The second-order valence-corrected chi connectivity index (χ2v) is 7.57. The van der Waals surface area contributed by atoms with Gasteiger partial charge in [0.15, 0.2) is 5.82 Å². The molecule has 3 aromatic rings. The Hall–Kier alpha value is -3.33. The quantitative estimate of drug-likeness (QED) is 0.571. The van der Waals surface area contributed by atoms with Crippen LogP contribution in [-0.4, -0.2) is 64.8 Å². The number of hydrogen-bond acceptors (Lipinski definition) is 8. The van der Waals surface area contributed by atoms with Crippen molar-refractivity contribution in [3.63, 3.8) is 0 Å². The van der Waals surface area contributed by atoms with Gasteiger partial charge in [-0.2, -0.15) is 4.98 Å². The molecule has 0 radical (unpaired) electrons. The van der Waals surface area contributed by atoms with Gasteiger partial charge >= 0.3 is 0 Å². The number of methoxy groups -OCH3 is 2. The lowest BCUT2D eigenvalue weighted by molar-refractivity contribution is 0.0615. The number of amides is 1. The van der Waals surface area contributed by atoms with Gasteiger partial charge in [-0.3, -0.25) is 9.78 Å². The zero-order valence-electron chi connectivity index (χ0n) is 17.7. The van der Waals surface area contributed by atoms with Crippen molar-refractivity contribution in [2.24, 2.45) is 0 Å². The number of rotatable bonds is 7. The maximum absolute atomic E-state index is 12.9. The molecule has 162 valence electrons. The van der Waals surface area contributed by atoms with E-state index in [1.54, 1.807) is 44.9 Å². The lowest BCUT2D eigenvalue weighted by Crippen LogP contribution is -2.46. The van der Waals surface area contributed by atoms with Gasteiger partial charge in [0.05, 0.1) is 18.2 Å². The summed E-state index contributed by atoms with van der Waals surface area (Å²) in [5, 5.41) is 4.29. The van der Waals surface area contributed by atoms with Crippen LogP contribution in [0.2, 0.25) is 0 Å². The smallest absolute Gasteiger partial charge is 0.259 e. The Morgan fingerprint density at radius 1 is 1.19 bits per heavy atom. The van der Waals surface area contributed by atoms with E-state index in [1.165, 1.54) is 0 Å². The number of hydrogen-bond donors (Lipinski definition) is 0. The van der Waals surface area contributed by atoms with Crippen LogP contribution in [0.1, 0.15) is 35.4 Å². The summed E-state index contributed by atoms with van der Waals surface area (Å²) in [6.07, 6.45) is 7.14. The molecule has 0 saturated carbocycles. The number of likely N-dealkylation sites (tertiary alicyclic amines) is 1. The lowest BCUT2D eigenvalue weighted by Gasteiger charge is -2.39. The van der Waals surface area contributed by atoms with Crippen molar-refractivity contribution < 1.29 is 18.8 Å². The molecule has 0 bridgehead atoms. The van der Waals surface area contributed by atoms with Crippen LogP contribution >= 0.6 is 0 Å². The molecular formula is C22H25N5O4. The molecule has 1 amide bonds. The van der Waals surface area contributed by atoms with Crippen LogP contribution < -0.4 is 4.74 Å². The molecule has 0 aromatic carbocycles. The highest BCUT2D eigenvalue weighted by atomic mass is 16.5. The van der Waals surface area contributed by atoms with Gasteiger partial charge in [0.25, 0.3) is 11.8 Å². The van der Waals surface area contributed by atoms with E-state index in [0.29, 0.717) is 42.9 Å². The van der Waals surface area contributed by atoms with Crippen LogP contribution in [0.25, 0.3) is 11.5 Å². The average molecular weight is 423 g/mol. The second kappa shape index (κ2) is 9.22. The molecule has 9 nitrogen and oxygen atoms in total. The van der Waals surface area contributed by atoms with Crippen LogP contribution in [0.3, 0.4) is 0 Å². The van der Waals surface area contributed by atoms with Crippen LogP contribution in [0.15, 0.2) is 47.4 Å². The molecule has 1 saturated heterocycles. The predicted molar refractivity (Wildman–Crippen MR) is 112 cm³/mol. The van der Waals surface area contributed by atoms with Crippen molar-refractivity contribution in [1.29, 1.82) is 0 Å². The van der Waals surface area contributed by atoms with Crippen molar-refractivity contribution in [3.8, 4) is 17.3 Å². The zero-order valence-corrected chi connectivity index (χ0v) is 17.7. The largest absolute Gasteiger partial charge is 0.481 e. The van der Waals surface area contributed by atoms with Crippen molar-refractivity contribution in [2.75, 3.05) is 33.9 Å². The first kappa shape index (κ1) is 20.9. The van der Waals surface area contributed by atoms with Gasteiger partial charge in [-0.05, 0) is 37.5 Å². The Morgan fingerprint density at radius 3 is 2.68 bits per heavy atom. The summed E-state index contributed by atoms with van der Waals surface area (Å²) in [6.45, 7) is 1.75. The van der Waals surface area contributed by atoms with Crippen molar-refractivity contribution in [1.82, 2.24) is 25.0 Å². The zero-order chi connectivity index (χ0) is 21.7. The van der Waals surface area contributed by atoms with Crippen LogP contribution in [0.5, 0.6) is 5.88 Å². The van der Waals surface area contributed by atoms with E-state index in [-0.39, 0.29) is 11.3 Å². The SMILES string of the molecule is COCCC1(c2noc(-c3cccnc3)n2)CCN(C(=O)c2ccc(OC)nc2)CC1. The summed E-state index contributed by atoms with van der Waals surface area (Å²) in [5.74, 6) is 1.54.